The predicted molar refractivity (Wildman–Crippen MR) is 46.2 cm³/mol. The molecule has 7 heteroatoms. The van der Waals surface area contributed by atoms with Crippen LogP contribution < -0.4 is 10.8 Å². The van der Waals surface area contributed by atoms with E-state index in [0.717, 1.165) is 0 Å². The van der Waals surface area contributed by atoms with Gasteiger partial charge in [-0.3, -0.25) is 4.84 Å². The molecule has 0 spiro atoms. The normalized spacial score (nSPS) is 38.2. The molecule has 2 rings (SSSR count). The summed E-state index contributed by atoms with van der Waals surface area (Å²) in [6, 6.07) is -0.177. The number of hydroxylamine groups is 1. The Morgan fingerprint density at radius 1 is 1.50 bits per heavy atom. The van der Waals surface area contributed by atoms with Crippen LogP contribution in [0.2, 0.25) is 0 Å². The lowest BCUT2D eigenvalue weighted by Crippen LogP contribution is -2.55. The second-order valence-electron chi connectivity index (χ2n) is 2.92. The third-order valence-electron chi connectivity index (χ3n) is 1.92. The van der Waals surface area contributed by atoms with Gasteiger partial charge in [-0.1, -0.05) is 0 Å². The van der Waals surface area contributed by atoms with Gasteiger partial charge in [0.1, 0.15) is 6.10 Å². The highest BCUT2D eigenvalue weighted by Gasteiger charge is 2.41. The number of hydrogen-bond donors (Lipinski definition) is 2. The van der Waals surface area contributed by atoms with Gasteiger partial charge >= 0.3 is 0 Å². The van der Waals surface area contributed by atoms with Gasteiger partial charge < -0.3 is 5.32 Å². The third-order valence-corrected chi connectivity index (χ3v) is 3.82. The van der Waals surface area contributed by atoms with Crippen molar-refractivity contribution in [2.75, 3.05) is 11.5 Å². The van der Waals surface area contributed by atoms with E-state index in [1.807, 2.05) is 0 Å². The maximum atomic E-state index is 11.1. The molecule has 0 aromatic rings. The van der Waals surface area contributed by atoms with Gasteiger partial charge in [0.2, 0.25) is 0 Å². The van der Waals surface area contributed by atoms with E-state index in [-0.39, 0.29) is 23.7 Å². The van der Waals surface area contributed by atoms with E-state index in [4.69, 9.17) is 17.1 Å². The standard InChI is InChI=1S/C5H8N2O3S2/c8-12(9)1-3-4(2-12)10-7-5(11)6-3/h3-4H,1-2H2,(H2,6,7,11)/t3-,4-/m1/s1. The Hall–Kier alpha value is -0.400. The zero-order valence-corrected chi connectivity index (χ0v) is 7.74. The van der Waals surface area contributed by atoms with Gasteiger partial charge in [-0.15, -0.1) is 0 Å². The minimum absolute atomic E-state index is 0.0697. The molecule has 2 N–H and O–H groups in total. The molecule has 2 aliphatic heterocycles. The summed E-state index contributed by atoms with van der Waals surface area (Å²) >= 11 is 4.76. The number of sulfone groups is 1. The molecule has 2 aliphatic rings. The second-order valence-corrected chi connectivity index (χ2v) is 5.48. The Kier molecular flexibility index (Phi) is 1.74. The van der Waals surface area contributed by atoms with Crippen LogP contribution in [0.25, 0.3) is 0 Å². The van der Waals surface area contributed by atoms with Gasteiger partial charge in [0.05, 0.1) is 17.5 Å². The summed E-state index contributed by atoms with van der Waals surface area (Å²) < 4.78 is 22.2. The molecule has 12 heavy (non-hydrogen) atoms. The van der Waals surface area contributed by atoms with Crippen LogP contribution in [0.15, 0.2) is 0 Å². The minimum Gasteiger partial charge on any atom is -0.355 e. The van der Waals surface area contributed by atoms with Crippen LogP contribution in [-0.4, -0.2) is 37.2 Å². The molecular formula is C5H8N2O3S2. The lowest BCUT2D eigenvalue weighted by atomic mass is 10.2. The molecule has 5 nitrogen and oxygen atoms in total. The highest BCUT2D eigenvalue weighted by molar-refractivity contribution is 7.91. The van der Waals surface area contributed by atoms with E-state index in [0.29, 0.717) is 5.11 Å². The molecule has 0 radical (unpaired) electrons. The van der Waals surface area contributed by atoms with Crippen molar-refractivity contribution in [3.63, 3.8) is 0 Å². The fourth-order valence-electron chi connectivity index (χ4n) is 1.39. The molecule has 0 bridgehead atoms. The van der Waals surface area contributed by atoms with E-state index in [9.17, 15) is 8.42 Å². The highest BCUT2D eigenvalue weighted by Crippen LogP contribution is 2.16. The molecular weight excluding hydrogens is 200 g/mol. The van der Waals surface area contributed by atoms with Crippen molar-refractivity contribution in [3.8, 4) is 0 Å². The summed E-state index contributed by atoms with van der Waals surface area (Å²) in [5, 5.41) is 3.21. The fourth-order valence-corrected chi connectivity index (χ4v) is 3.37. The van der Waals surface area contributed by atoms with E-state index in [1.165, 1.54) is 0 Å². The summed E-state index contributed by atoms with van der Waals surface area (Å²) in [7, 11) is -2.94. The van der Waals surface area contributed by atoms with E-state index < -0.39 is 9.84 Å². The molecule has 2 atom stereocenters. The fraction of sp³-hybridized carbons (Fsp3) is 0.800. The average molecular weight is 208 g/mol. The highest BCUT2D eigenvalue weighted by atomic mass is 32.2. The van der Waals surface area contributed by atoms with Crippen LogP contribution in [0.3, 0.4) is 0 Å². The summed E-state index contributed by atoms with van der Waals surface area (Å²) in [5.74, 6) is 0.180. The first-order valence-corrected chi connectivity index (χ1v) is 5.72. The third kappa shape index (κ3) is 1.39. The first kappa shape index (κ1) is 8.21. The number of nitrogens with one attached hydrogen (secondary N) is 2. The van der Waals surface area contributed by atoms with Crippen LogP contribution in [-0.2, 0) is 14.7 Å². The largest absolute Gasteiger partial charge is 0.355 e. The van der Waals surface area contributed by atoms with Crippen molar-refractivity contribution in [2.24, 2.45) is 0 Å². The van der Waals surface area contributed by atoms with Crippen molar-refractivity contribution in [1.82, 2.24) is 10.8 Å². The first-order valence-electron chi connectivity index (χ1n) is 3.49. The lowest BCUT2D eigenvalue weighted by Gasteiger charge is -2.27. The van der Waals surface area contributed by atoms with Crippen molar-refractivity contribution >= 4 is 27.2 Å². The van der Waals surface area contributed by atoms with E-state index in [2.05, 4.69) is 10.8 Å². The number of fused-ring (bicyclic) bond motifs is 1. The SMILES string of the molecule is O=S1(=O)C[C@H]2NC(=S)NO[C@@H]2C1. The maximum Gasteiger partial charge on any atom is 0.190 e. The van der Waals surface area contributed by atoms with Gasteiger partial charge in [0.25, 0.3) is 0 Å². The summed E-state index contributed by atoms with van der Waals surface area (Å²) in [6.07, 6.45) is -0.304. The quantitative estimate of drug-likeness (QED) is 0.475. The van der Waals surface area contributed by atoms with Crippen LogP contribution in [0.5, 0.6) is 0 Å². The molecule has 2 saturated heterocycles. The Bertz CT molecular complexity index is 313. The van der Waals surface area contributed by atoms with Crippen LogP contribution in [0.1, 0.15) is 0 Å². The van der Waals surface area contributed by atoms with Crippen molar-refractivity contribution in [3.05, 3.63) is 0 Å². The molecule has 0 unspecified atom stereocenters. The number of rotatable bonds is 0. The average Bonchev–Trinajstić information content (AvgIpc) is 2.21. The van der Waals surface area contributed by atoms with Gasteiger partial charge in [-0.05, 0) is 12.2 Å². The molecule has 0 aromatic carbocycles. The minimum atomic E-state index is -2.94. The van der Waals surface area contributed by atoms with E-state index in [1.54, 1.807) is 0 Å². The zero-order valence-electron chi connectivity index (χ0n) is 6.11. The Balaban J connectivity index is 2.17. The lowest BCUT2D eigenvalue weighted by molar-refractivity contribution is -0.00413. The summed E-state index contributed by atoms with van der Waals surface area (Å²) in [5.41, 5.74) is 2.45. The number of hydrogen-bond acceptors (Lipinski definition) is 4. The molecule has 0 amide bonds. The zero-order chi connectivity index (χ0) is 8.77. The number of thiocarbonyl (C=S) groups is 1. The summed E-state index contributed by atoms with van der Waals surface area (Å²) in [4.78, 5) is 5.02. The molecule has 0 aliphatic carbocycles. The molecule has 0 saturated carbocycles. The van der Waals surface area contributed by atoms with Gasteiger partial charge in [0, 0.05) is 0 Å². The van der Waals surface area contributed by atoms with Crippen LogP contribution in [0.4, 0.5) is 0 Å². The second kappa shape index (κ2) is 2.54. The monoisotopic (exact) mass is 208 g/mol. The van der Waals surface area contributed by atoms with Crippen LogP contribution >= 0.6 is 12.2 Å². The van der Waals surface area contributed by atoms with Crippen LogP contribution in [0, 0.1) is 0 Å². The van der Waals surface area contributed by atoms with Gasteiger partial charge in [0.15, 0.2) is 14.9 Å². The molecule has 2 fully saturated rings. The maximum absolute atomic E-state index is 11.1. The molecule has 2 heterocycles. The Labute approximate surface area is 75.3 Å². The first-order chi connectivity index (χ1) is 5.57. The van der Waals surface area contributed by atoms with Gasteiger partial charge in [-0.2, -0.15) is 0 Å². The van der Waals surface area contributed by atoms with Crippen molar-refractivity contribution < 1.29 is 13.3 Å². The van der Waals surface area contributed by atoms with Crippen molar-refractivity contribution in [1.29, 1.82) is 0 Å². The van der Waals surface area contributed by atoms with E-state index >= 15 is 0 Å². The Morgan fingerprint density at radius 3 is 3.00 bits per heavy atom. The Morgan fingerprint density at radius 2 is 2.25 bits per heavy atom. The predicted octanol–water partition coefficient (Wildman–Crippen LogP) is -1.44. The van der Waals surface area contributed by atoms with Crippen molar-refractivity contribution in [2.45, 2.75) is 12.1 Å². The topological polar surface area (TPSA) is 67.4 Å². The molecule has 68 valence electrons. The smallest absolute Gasteiger partial charge is 0.190 e. The summed E-state index contributed by atoms with van der Waals surface area (Å²) in [6.45, 7) is 0. The van der Waals surface area contributed by atoms with Gasteiger partial charge in [-0.25, -0.2) is 13.9 Å². The molecule has 0 aromatic heterocycles.